The van der Waals surface area contributed by atoms with Gasteiger partial charge in [0, 0.05) is 38.9 Å². The van der Waals surface area contributed by atoms with E-state index in [1.165, 1.54) is 12.1 Å². The maximum atomic E-state index is 13.0. The van der Waals surface area contributed by atoms with E-state index < -0.39 is 0 Å². The Hall–Kier alpha value is -1.66. The van der Waals surface area contributed by atoms with Crippen LogP contribution in [-0.4, -0.2) is 72.7 Å². The fraction of sp³-hybridized carbons (Fsp3) is 0.588. The first-order valence-electron chi connectivity index (χ1n) is 8.06. The van der Waals surface area contributed by atoms with Gasteiger partial charge in [0.25, 0.3) is 0 Å². The average Bonchev–Trinajstić information content (AvgIpc) is 2.60. The fourth-order valence-corrected chi connectivity index (χ4v) is 2.81. The summed E-state index contributed by atoms with van der Waals surface area (Å²) in [7, 11) is 1.73. The summed E-state index contributed by atoms with van der Waals surface area (Å²) < 4.78 is 13.0. The van der Waals surface area contributed by atoms with Crippen LogP contribution in [-0.2, 0) is 4.79 Å². The van der Waals surface area contributed by atoms with Crippen LogP contribution in [0.3, 0.4) is 0 Å². The largest absolute Gasteiger partial charge is 0.394 e. The van der Waals surface area contributed by atoms with Gasteiger partial charge in [-0.15, -0.1) is 0 Å². The highest BCUT2D eigenvalue weighted by molar-refractivity contribution is 5.81. The summed E-state index contributed by atoms with van der Waals surface area (Å²) in [5, 5.41) is 9.19. The molecule has 1 heterocycles. The van der Waals surface area contributed by atoms with Crippen molar-refractivity contribution in [1.29, 1.82) is 0 Å². The molecule has 1 amide bonds. The Balaban J connectivity index is 1.90. The molecule has 128 valence electrons. The Bertz CT molecular complexity index is 515. The number of carbonyl (C=O) groups is 1. The van der Waals surface area contributed by atoms with Gasteiger partial charge in [-0.25, -0.2) is 4.39 Å². The molecule has 1 aromatic rings. The van der Waals surface area contributed by atoms with E-state index in [1.807, 2.05) is 13.8 Å². The van der Waals surface area contributed by atoms with Crippen LogP contribution < -0.4 is 4.90 Å². The number of carbonyl (C=O) groups excluding carboxylic acids is 1. The zero-order valence-corrected chi connectivity index (χ0v) is 14.1. The fourth-order valence-electron chi connectivity index (χ4n) is 2.81. The Morgan fingerprint density at radius 2 is 1.78 bits per heavy atom. The maximum Gasteiger partial charge on any atom is 0.239 e. The number of hydrogen-bond donors (Lipinski definition) is 1. The lowest BCUT2D eigenvalue weighted by molar-refractivity contribution is -0.137. The third-order valence-corrected chi connectivity index (χ3v) is 4.68. The molecule has 1 saturated heterocycles. The molecular weight excluding hydrogens is 297 g/mol. The smallest absolute Gasteiger partial charge is 0.239 e. The molecule has 1 aromatic carbocycles. The highest BCUT2D eigenvalue weighted by atomic mass is 19.1. The van der Waals surface area contributed by atoms with Crippen molar-refractivity contribution in [1.82, 2.24) is 9.80 Å². The molecule has 0 bridgehead atoms. The molecule has 0 aromatic heterocycles. The topological polar surface area (TPSA) is 47.0 Å². The average molecular weight is 323 g/mol. The van der Waals surface area contributed by atoms with Gasteiger partial charge in [0.15, 0.2) is 0 Å². The molecule has 1 aliphatic heterocycles. The van der Waals surface area contributed by atoms with Crippen LogP contribution in [0.4, 0.5) is 10.1 Å². The summed E-state index contributed by atoms with van der Waals surface area (Å²) in [5.41, 5.74) is 1.01. The minimum atomic E-state index is -0.229. The van der Waals surface area contributed by atoms with Gasteiger partial charge in [-0.3, -0.25) is 9.69 Å². The van der Waals surface area contributed by atoms with Crippen molar-refractivity contribution < 1.29 is 14.3 Å². The number of benzene rings is 1. The first-order chi connectivity index (χ1) is 10.9. The second-order valence-electron chi connectivity index (χ2n) is 6.16. The summed E-state index contributed by atoms with van der Waals surface area (Å²) in [6.45, 7) is 6.89. The Labute approximate surface area is 137 Å². The standard InChI is InChI=1S/C17H26FN3O2/c1-13(12-22)19(3)17(23)14(2)20-8-10-21(11-9-20)16-6-4-15(18)5-7-16/h4-7,13-14,22H,8-12H2,1-3H3. The molecule has 23 heavy (non-hydrogen) atoms. The van der Waals surface area contributed by atoms with E-state index in [0.717, 1.165) is 31.9 Å². The third-order valence-electron chi connectivity index (χ3n) is 4.68. The lowest BCUT2D eigenvalue weighted by Gasteiger charge is -2.40. The molecule has 0 radical (unpaired) electrons. The number of likely N-dealkylation sites (N-methyl/N-ethyl adjacent to an activating group) is 1. The maximum absolute atomic E-state index is 13.0. The number of piperazine rings is 1. The summed E-state index contributed by atoms with van der Waals surface area (Å²) >= 11 is 0. The van der Waals surface area contributed by atoms with Crippen molar-refractivity contribution in [2.24, 2.45) is 0 Å². The number of nitrogens with zero attached hydrogens (tertiary/aromatic N) is 3. The molecule has 2 unspecified atom stereocenters. The molecule has 0 spiro atoms. The van der Waals surface area contributed by atoms with E-state index in [2.05, 4.69) is 9.80 Å². The summed E-state index contributed by atoms with van der Waals surface area (Å²) in [4.78, 5) is 18.4. The molecule has 2 atom stereocenters. The first kappa shape index (κ1) is 17.7. The summed E-state index contributed by atoms with van der Waals surface area (Å²) in [6.07, 6.45) is 0. The zero-order valence-electron chi connectivity index (χ0n) is 14.1. The predicted octanol–water partition coefficient (Wildman–Crippen LogP) is 1.18. The number of anilines is 1. The molecule has 2 rings (SSSR count). The first-order valence-corrected chi connectivity index (χ1v) is 8.06. The van der Waals surface area contributed by atoms with Gasteiger partial charge in [0.05, 0.1) is 18.7 Å². The number of aliphatic hydroxyl groups excluding tert-OH is 1. The van der Waals surface area contributed by atoms with Crippen molar-refractivity contribution in [3.63, 3.8) is 0 Å². The predicted molar refractivity (Wildman–Crippen MR) is 89.0 cm³/mol. The highest BCUT2D eigenvalue weighted by Crippen LogP contribution is 2.18. The van der Waals surface area contributed by atoms with Crippen molar-refractivity contribution in [2.45, 2.75) is 25.9 Å². The van der Waals surface area contributed by atoms with Gasteiger partial charge in [-0.05, 0) is 38.1 Å². The minimum absolute atomic E-state index is 0.0294. The summed E-state index contributed by atoms with van der Waals surface area (Å²) in [5.74, 6) is -0.200. The molecular formula is C17H26FN3O2. The van der Waals surface area contributed by atoms with Crippen LogP contribution >= 0.6 is 0 Å². The minimum Gasteiger partial charge on any atom is -0.394 e. The molecule has 5 nitrogen and oxygen atoms in total. The van der Waals surface area contributed by atoms with E-state index in [-0.39, 0.29) is 30.4 Å². The SMILES string of the molecule is CC(C(=O)N(C)C(C)CO)N1CCN(c2ccc(F)cc2)CC1. The zero-order chi connectivity index (χ0) is 17.0. The van der Waals surface area contributed by atoms with Crippen LogP contribution in [0.25, 0.3) is 0 Å². The summed E-state index contributed by atoms with van der Waals surface area (Å²) in [6, 6.07) is 6.14. The van der Waals surface area contributed by atoms with E-state index in [0.29, 0.717) is 0 Å². The monoisotopic (exact) mass is 323 g/mol. The molecule has 1 fully saturated rings. The lowest BCUT2D eigenvalue weighted by Crippen LogP contribution is -2.55. The molecule has 6 heteroatoms. The Morgan fingerprint density at radius 1 is 1.22 bits per heavy atom. The number of halogens is 1. The van der Waals surface area contributed by atoms with Crippen LogP contribution in [0, 0.1) is 5.82 Å². The van der Waals surface area contributed by atoms with Crippen LogP contribution in [0.15, 0.2) is 24.3 Å². The van der Waals surface area contributed by atoms with E-state index in [1.54, 1.807) is 24.1 Å². The van der Waals surface area contributed by atoms with E-state index in [4.69, 9.17) is 0 Å². The van der Waals surface area contributed by atoms with Crippen molar-refractivity contribution in [3.8, 4) is 0 Å². The normalized spacial score (nSPS) is 18.6. The van der Waals surface area contributed by atoms with Crippen molar-refractivity contribution in [2.75, 3.05) is 44.7 Å². The molecule has 1 aliphatic rings. The Morgan fingerprint density at radius 3 is 2.30 bits per heavy atom. The number of hydrogen-bond acceptors (Lipinski definition) is 4. The van der Waals surface area contributed by atoms with Gasteiger partial charge < -0.3 is 14.9 Å². The lowest BCUT2D eigenvalue weighted by atomic mass is 10.1. The van der Waals surface area contributed by atoms with Crippen LogP contribution in [0.5, 0.6) is 0 Å². The van der Waals surface area contributed by atoms with Crippen molar-refractivity contribution in [3.05, 3.63) is 30.1 Å². The second-order valence-corrected chi connectivity index (χ2v) is 6.16. The molecule has 0 aliphatic carbocycles. The van der Waals surface area contributed by atoms with E-state index in [9.17, 15) is 14.3 Å². The van der Waals surface area contributed by atoms with Crippen molar-refractivity contribution >= 4 is 11.6 Å². The second kappa shape index (κ2) is 7.75. The van der Waals surface area contributed by atoms with Crippen LogP contribution in [0.1, 0.15) is 13.8 Å². The molecule has 1 N–H and O–H groups in total. The Kier molecular flexibility index (Phi) is 5.96. The third kappa shape index (κ3) is 4.20. The van der Waals surface area contributed by atoms with Gasteiger partial charge in [-0.1, -0.05) is 0 Å². The number of rotatable bonds is 5. The molecule has 0 saturated carbocycles. The van der Waals surface area contributed by atoms with E-state index >= 15 is 0 Å². The number of amides is 1. The van der Waals surface area contributed by atoms with Crippen LogP contribution in [0.2, 0.25) is 0 Å². The quantitative estimate of drug-likeness (QED) is 0.884. The van der Waals surface area contributed by atoms with Gasteiger partial charge in [0.2, 0.25) is 5.91 Å². The highest BCUT2D eigenvalue weighted by Gasteiger charge is 2.28. The number of aliphatic hydroxyl groups is 1. The van der Waals surface area contributed by atoms with Gasteiger partial charge in [-0.2, -0.15) is 0 Å². The van der Waals surface area contributed by atoms with Gasteiger partial charge >= 0.3 is 0 Å². The van der Waals surface area contributed by atoms with Gasteiger partial charge in [0.1, 0.15) is 5.82 Å².